The molecule has 1 aliphatic rings. The number of hydrogen-bond acceptors (Lipinski definition) is 2. The molecule has 1 N–H and O–H groups in total. The molecule has 58 valence electrons. The van der Waals surface area contributed by atoms with Gasteiger partial charge in [0.15, 0.2) is 0 Å². The largest absolute Gasteiger partial charge is 0.393 e. The second kappa shape index (κ2) is 3.17. The summed E-state index contributed by atoms with van der Waals surface area (Å²) in [5.74, 6) is 0. The minimum absolute atomic E-state index is 0.0544. The second-order valence-corrected chi connectivity index (χ2v) is 2.85. The lowest BCUT2D eigenvalue weighted by Crippen LogP contribution is -2.32. The first-order valence-electron chi connectivity index (χ1n) is 3.68. The molecule has 0 aromatic heterocycles. The van der Waals surface area contributed by atoms with Gasteiger partial charge in [-0.15, -0.1) is 6.58 Å². The quantitative estimate of drug-likeness (QED) is 0.555. The maximum Gasteiger partial charge on any atom is 0.0781 e. The van der Waals surface area contributed by atoms with Crippen LogP contribution in [0.5, 0.6) is 0 Å². The Morgan fingerprint density at radius 3 is 2.80 bits per heavy atom. The van der Waals surface area contributed by atoms with Crippen molar-refractivity contribution in [1.82, 2.24) is 0 Å². The SMILES string of the molecule is C=C[C@H]1C[C@@H](O)C[C@@H](C)O1. The lowest BCUT2D eigenvalue weighted by atomic mass is 10.0. The minimum atomic E-state index is -0.202. The molecular weight excluding hydrogens is 128 g/mol. The first kappa shape index (κ1) is 7.76. The molecule has 0 radical (unpaired) electrons. The fraction of sp³-hybridized carbons (Fsp3) is 0.750. The van der Waals surface area contributed by atoms with Crippen molar-refractivity contribution in [1.29, 1.82) is 0 Å². The second-order valence-electron chi connectivity index (χ2n) is 2.85. The van der Waals surface area contributed by atoms with Gasteiger partial charge >= 0.3 is 0 Å². The molecule has 1 heterocycles. The van der Waals surface area contributed by atoms with Gasteiger partial charge < -0.3 is 9.84 Å². The first-order chi connectivity index (χ1) is 4.72. The highest BCUT2D eigenvalue weighted by Gasteiger charge is 2.22. The van der Waals surface area contributed by atoms with E-state index in [2.05, 4.69) is 6.58 Å². The number of aliphatic hydroxyl groups excluding tert-OH is 1. The van der Waals surface area contributed by atoms with Crippen LogP contribution in [0.15, 0.2) is 12.7 Å². The highest BCUT2D eigenvalue weighted by atomic mass is 16.5. The van der Waals surface area contributed by atoms with Crippen LogP contribution in [0, 0.1) is 0 Å². The van der Waals surface area contributed by atoms with E-state index in [1.54, 1.807) is 6.08 Å². The average molecular weight is 142 g/mol. The molecular formula is C8H14O2. The van der Waals surface area contributed by atoms with Crippen LogP contribution in [0.25, 0.3) is 0 Å². The fourth-order valence-corrected chi connectivity index (χ4v) is 1.31. The predicted octanol–water partition coefficient (Wildman–Crippen LogP) is 1.10. The third-order valence-corrected chi connectivity index (χ3v) is 1.78. The van der Waals surface area contributed by atoms with Crippen molar-refractivity contribution in [2.75, 3.05) is 0 Å². The summed E-state index contributed by atoms with van der Waals surface area (Å²) in [6.07, 6.45) is 3.23. The molecule has 2 nitrogen and oxygen atoms in total. The Balaban J connectivity index is 2.42. The molecule has 0 bridgehead atoms. The molecule has 0 amide bonds. The van der Waals surface area contributed by atoms with Gasteiger partial charge in [-0.1, -0.05) is 6.08 Å². The lowest BCUT2D eigenvalue weighted by molar-refractivity contribution is -0.0671. The Morgan fingerprint density at radius 1 is 1.60 bits per heavy atom. The van der Waals surface area contributed by atoms with E-state index in [4.69, 9.17) is 4.74 Å². The van der Waals surface area contributed by atoms with E-state index in [0.29, 0.717) is 6.42 Å². The van der Waals surface area contributed by atoms with Gasteiger partial charge in [0.1, 0.15) is 0 Å². The monoisotopic (exact) mass is 142 g/mol. The van der Waals surface area contributed by atoms with Crippen molar-refractivity contribution in [3.8, 4) is 0 Å². The van der Waals surface area contributed by atoms with Gasteiger partial charge in [-0.2, -0.15) is 0 Å². The van der Waals surface area contributed by atoms with Gasteiger partial charge in [0.25, 0.3) is 0 Å². The van der Waals surface area contributed by atoms with E-state index in [9.17, 15) is 5.11 Å². The Hall–Kier alpha value is -0.340. The van der Waals surface area contributed by atoms with E-state index in [0.717, 1.165) is 6.42 Å². The summed E-state index contributed by atoms with van der Waals surface area (Å²) in [4.78, 5) is 0. The van der Waals surface area contributed by atoms with E-state index >= 15 is 0 Å². The molecule has 0 aromatic carbocycles. The van der Waals surface area contributed by atoms with Crippen LogP contribution < -0.4 is 0 Å². The Kier molecular flexibility index (Phi) is 2.46. The Morgan fingerprint density at radius 2 is 2.30 bits per heavy atom. The number of ether oxygens (including phenoxy) is 1. The highest BCUT2D eigenvalue weighted by molar-refractivity contribution is 4.86. The van der Waals surface area contributed by atoms with Crippen LogP contribution >= 0.6 is 0 Å². The van der Waals surface area contributed by atoms with E-state index in [1.807, 2.05) is 6.92 Å². The van der Waals surface area contributed by atoms with Crippen LogP contribution in [0.2, 0.25) is 0 Å². The van der Waals surface area contributed by atoms with E-state index in [-0.39, 0.29) is 18.3 Å². The molecule has 0 saturated carbocycles. The van der Waals surface area contributed by atoms with Gasteiger partial charge in [0.2, 0.25) is 0 Å². The molecule has 3 atom stereocenters. The minimum Gasteiger partial charge on any atom is -0.393 e. The molecule has 0 aromatic rings. The molecule has 1 rings (SSSR count). The van der Waals surface area contributed by atoms with Gasteiger partial charge in [-0.25, -0.2) is 0 Å². The summed E-state index contributed by atoms with van der Waals surface area (Å²) in [6.45, 7) is 5.59. The third kappa shape index (κ3) is 1.82. The molecule has 1 fully saturated rings. The molecule has 0 spiro atoms. The van der Waals surface area contributed by atoms with Crippen LogP contribution in [0.1, 0.15) is 19.8 Å². The number of rotatable bonds is 1. The van der Waals surface area contributed by atoms with Crippen LogP contribution in [0.3, 0.4) is 0 Å². The zero-order valence-electron chi connectivity index (χ0n) is 6.29. The summed E-state index contributed by atoms with van der Waals surface area (Å²) in [7, 11) is 0. The van der Waals surface area contributed by atoms with Crippen molar-refractivity contribution < 1.29 is 9.84 Å². The van der Waals surface area contributed by atoms with Gasteiger partial charge in [0, 0.05) is 6.42 Å². The van der Waals surface area contributed by atoms with Crippen LogP contribution in [-0.2, 0) is 4.74 Å². The maximum atomic E-state index is 9.25. The Bertz CT molecular complexity index is 112. The first-order valence-corrected chi connectivity index (χ1v) is 3.68. The lowest BCUT2D eigenvalue weighted by Gasteiger charge is -2.29. The zero-order valence-corrected chi connectivity index (χ0v) is 6.29. The van der Waals surface area contributed by atoms with Crippen molar-refractivity contribution in [2.45, 2.75) is 38.1 Å². The maximum absolute atomic E-state index is 9.25. The summed E-state index contributed by atoms with van der Waals surface area (Å²) < 4.78 is 5.43. The van der Waals surface area contributed by atoms with Crippen LogP contribution in [0.4, 0.5) is 0 Å². The number of hydrogen-bond donors (Lipinski definition) is 1. The van der Waals surface area contributed by atoms with E-state index in [1.165, 1.54) is 0 Å². The summed E-state index contributed by atoms with van der Waals surface area (Å²) in [5, 5.41) is 9.25. The smallest absolute Gasteiger partial charge is 0.0781 e. The average Bonchev–Trinajstić information content (AvgIpc) is 1.85. The van der Waals surface area contributed by atoms with Crippen molar-refractivity contribution in [3.05, 3.63) is 12.7 Å². The zero-order chi connectivity index (χ0) is 7.56. The van der Waals surface area contributed by atoms with Gasteiger partial charge in [0.05, 0.1) is 18.3 Å². The number of aliphatic hydroxyl groups is 1. The standard InChI is InChI=1S/C8H14O2/c1-3-8-5-7(9)4-6(2)10-8/h3,6-9H,1,4-5H2,2H3/t6-,7+,8+/m1/s1. The van der Waals surface area contributed by atoms with E-state index < -0.39 is 0 Å². The van der Waals surface area contributed by atoms with Crippen LogP contribution in [-0.4, -0.2) is 23.4 Å². The van der Waals surface area contributed by atoms with Crippen molar-refractivity contribution >= 4 is 0 Å². The molecule has 0 aliphatic carbocycles. The Labute approximate surface area is 61.5 Å². The molecule has 1 saturated heterocycles. The van der Waals surface area contributed by atoms with Gasteiger partial charge in [-0.3, -0.25) is 0 Å². The van der Waals surface area contributed by atoms with Crippen molar-refractivity contribution in [3.63, 3.8) is 0 Å². The molecule has 0 unspecified atom stereocenters. The third-order valence-electron chi connectivity index (χ3n) is 1.78. The molecule has 2 heteroatoms. The fourth-order valence-electron chi connectivity index (χ4n) is 1.31. The highest BCUT2D eigenvalue weighted by Crippen LogP contribution is 2.19. The normalized spacial score (nSPS) is 41.2. The topological polar surface area (TPSA) is 29.5 Å². The molecule has 10 heavy (non-hydrogen) atoms. The van der Waals surface area contributed by atoms with Crippen molar-refractivity contribution in [2.24, 2.45) is 0 Å². The van der Waals surface area contributed by atoms with Gasteiger partial charge in [-0.05, 0) is 13.3 Å². The summed E-state index contributed by atoms with van der Waals surface area (Å²) >= 11 is 0. The summed E-state index contributed by atoms with van der Waals surface area (Å²) in [6, 6.07) is 0. The predicted molar refractivity (Wildman–Crippen MR) is 39.8 cm³/mol. The molecule has 1 aliphatic heterocycles. The summed E-state index contributed by atoms with van der Waals surface area (Å²) in [5.41, 5.74) is 0.